The third-order valence-electron chi connectivity index (χ3n) is 4.61. The van der Waals surface area contributed by atoms with E-state index >= 15 is 0 Å². The molecule has 0 aliphatic carbocycles. The number of ether oxygens (including phenoxy) is 1. The molecule has 0 heterocycles. The number of thioether (sulfide) groups is 1. The van der Waals surface area contributed by atoms with Crippen molar-refractivity contribution in [1.29, 1.82) is 0 Å². The lowest BCUT2D eigenvalue weighted by molar-refractivity contribution is 0.0940. The van der Waals surface area contributed by atoms with E-state index in [4.69, 9.17) is 4.74 Å². The van der Waals surface area contributed by atoms with E-state index in [1.807, 2.05) is 55.5 Å². The van der Waals surface area contributed by atoms with Gasteiger partial charge in [-0.2, -0.15) is 0 Å². The Labute approximate surface area is 171 Å². The highest BCUT2D eigenvalue weighted by Crippen LogP contribution is 2.23. The van der Waals surface area contributed by atoms with Crippen molar-refractivity contribution in [3.05, 3.63) is 95.1 Å². The van der Waals surface area contributed by atoms with Crippen LogP contribution in [0.3, 0.4) is 0 Å². The summed E-state index contributed by atoms with van der Waals surface area (Å²) in [6.07, 6.45) is 0. The number of methoxy groups -OCH3 is 1. The molecule has 0 saturated heterocycles. The van der Waals surface area contributed by atoms with Crippen molar-refractivity contribution in [3.63, 3.8) is 0 Å². The van der Waals surface area contributed by atoms with Crippen molar-refractivity contribution < 1.29 is 9.53 Å². The number of amides is 1. The van der Waals surface area contributed by atoms with Gasteiger partial charge in [0.2, 0.25) is 0 Å². The molecule has 0 aromatic heterocycles. The van der Waals surface area contributed by atoms with Crippen LogP contribution in [0.25, 0.3) is 0 Å². The fourth-order valence-corrected chi connectivity index (χ4v) is 3.66. The Morgan fingerprint density at radius 3 is 2.21 bits per heavy atom. The zero-order chi connectivity index (χ0) is 19.9. The van der Waals surface area contributed by atoms with Gasteiger partial charge in [-0.25, -0.2) is 0 Å². The lowest BCUT2D eigenvalue weighted by Gasteiger charge is -2.15. The second-order valence-corrected chi connectivity index (χ2v) is 7.82. The normalized spacial score (nSPS) is 11.7. The largest absolute Gasteiger partial charge is 0.497 e. The molecule has 0 spiro atoms. The van der Waals surface area contributed by atoms with E-state index in [0.717, 1.165) is 17.1 Å². The van der Waals surface area contributed by atoms with Crippen molar-refractivity contribution in [2.24, 2.45) is 0 Å². The summed E-state index contributed by atoms with van der Waals surface area (Å²) < 4.78 is 5.17. The summed E-state index contributed by atoms with van der Waals surface area (Å²) in [4.78, 5) is 13.8. The monoisotopic (exact) mass is 391 g/mol. The van der Waals surface area contributed by atoms with Gasteiger partial charge in [-0.1, -0.05) is 42.0 Å². The molecule has 3 aromatic carbocycles. The minimum atomic E-state index is -0.0739. The van der Waals surface area contributed by atoms with Crippen LogP contribution in [-0.4, -0.2) is 13.0 Å². The third-order valence-corrected chi connectivity index (χ3v) is 5.69. The predicted molar refractivity (Wildman–Crippen MR) is 116 cm³/mol. The van der Waals surface area contributed by atoms with Crippen molar-refractivity contribution in [2.75, 3.05) is 7.11 Å². The van der Waals surface area contributed by atoms with Gasteiger partial charge in [0.15, 0.2) is 0 Å². The highest BCUT2D eigenvalue weighted by Gasteiger charge is 2.11. The summed E-state index contributed by atoms with van der Waals surface area (Å²) in [6.45, 7) is 4.07. The number of carbonyl (C=O) groups is 1. The predicted octanol–water partition coefficient (Wildman–Crippen LogP) is 5.79. The molecule has 0 unspecified atom stereocenters. The van der Waals surface area contributed by atoms with Gasteiger partial charge in [0, 0.05) is 16.2 Å². The molecule has 0 radical (unpaired) electrons. The number of aryl methyl sites for hydroxylation is 1. The van der Waals surface area contributed by atoms with Gasteiger partial charge >= 0.3 is 0 Å². The number of nitrogens with one attached hydrogen (secondary N) is 1. The Bertz CT molecular complexity index is 903. The maximum absolute atomic E-state index is 12.5. The highest BCUT2D eigenvalue weighted by atomic mass is 32.2. The maximum atomic E-state index is 12.5. The van der Waals surface area contributed by atoms with Crippen molar-refractivity contribution in [1.82, 2.24) is 5.32 Å². The number of hydrogen-bond acceptors (Lipinski definition) is 3. The molecule has 144 valence electrons. The molecule has 0 fully saturated rings. The van der Waals surface area contributed by atoms with E-state index in [1.165, 1.54) is 16.0 Å². The second-order valence-electron chi connectivity index (χ2n) is 6.77. The molecule has 3 nitrogen and oxygen atoms in total. The van der Waals surface area contributed by atoms with Crippen LogP contribution >= 0.6 is 11.8 Å². The first-order chi connectivity index (χ1) is 13.5. The van der Waals surface area contributed by atoms with Crippen molar-refractivity contribution in [2.45, 2.75) is 30.5 Å². The second kappa shape index (κ2) is 9.47. The molecule has 0 bridgehead atoms. The van der Waals surface area contributed by atoms with Crippen LogP contribution in [-0.2, 0) is 5.75 Å². The lowest BCUT2D eigenvalue weighted by Crippen LogP contribution is -2.26. The third kappa shape index (κ3) is 5.40. The van der Waals surface area contributed by atoms with Crippen LogP contribution in [0, 0.1) is 6.92 Å². The SMILES string of the molecule is COc1ccc([C@H](C)NC(=O)c2ccc(CSc3ccc(C)cc3)cc2)cc1. The Morgan fingerprint density at radius 2 is 1.61 bits per heavy atom. The van der Waals surface area contributed by atoms with Gasteiger partial charge in [-0.05, 0) is 61.4 Å². The summed E-state index contributed by atoms with van der Waals surface area (Å²) in [5.41, 5.74) is 4.18. The van der Waals surface area contributed by atoms with Crippen LogP contribution in [0.2, 0.25) is 0 Å². The Morgan fingerprint density at radius 1 is 0.964 bits per heavy atom. The Balaban J connectivity index is 1.55. The smallest absolute Gasteiger partial charge is 0.251 e. The summed E-state index contributed by atoms with van der Waals surface area (Å²) in [5, 5.41) is 3.05. The number of hydrogen-bond donors (Lipinski definition) is 1. The van der Waals surface area contributed by atoms with E-state index in [0.29, 0.717) is 5.56 Å². The number of rotatable bonds is 7. The van der Waals surface area contributed by atoms with E-state index in [-0.39, 0.29) is 11.9 Å². The molecule has 4 heteroatoms. The zero-order valence-corrected chi connectivity index (χ0v) is 17.3. The average Bonchev–Trinajstić information content (AvgIpc) is 2.73. The fraction of sp³-hybridized carbons (Fsp3) is 0.208. The highest BCUT2D eigenvalue weighted by molar-refractivity contribution is 7.98. The topological polar surface area (TPSA) is 38.3 Å². The summed E-state index contributed by atoms with van der Waals surface area (Å²) in [6, 6.07) is 24.0. The zero-order valence-electron chi connectivity index (χ0n) is 16.4. The maximum Gasteiger partial charge on any atom is 0.251 e. The molecule has 28 heavy (non-hydrogen) atoms. The van der Waals surface area contributed by atoms with Crippen LogP contribution in [0.1, 0.15) is 40.0 Å². The molecule has 0 aliphatic heterocycles. The Kier molecular flexibility index (Phi) is 6.77. The molecule has 0 saturated carbocycles. The van der Waals surface area contributed by atoms with Gasteiger partial charge in [0.05, 0.1) is 13.2 Å². The molecular formula is C24H25NO2S. The lowest BCUT2D eigenvalue weighted by atomic mass is 10.1. The molecule has 0 aliphatic rings. The first-order valence-corrected chi connectivity index (χ1v) is 10.3. The standard InChI is InChI=1S/C24H25NO2S/c1-17-4-14-23(15-5-17)28-16-19-6-8-21(9-7-19)24(26)25-18(2)20-10-12-22(27-3)13-11-20/h4-15,18H,16H2,1-3H3,(H,25,26)/t18-/m0/s1. The first-order valence-electron chi connectivity index (χ1n) is 9.28. The minimum Gasteiger partial charge on any atom is -0.497 e. The van der Waals surface area contributed by atoms with Gasteiger partial charge < -0.3 is 10.1 Å². The van der Waals surface area contributed by atoms with Crippen LogP contribution in [0.5, 0.6) is 5.75 Å². The fourth-order valence-electron chi connectivity index (χ4n) is 2.81. The van der Waals surface area contributed by atoms with Crippen molar-refractivity contribution in [3.8, 4) is 5.75 Å². The van der Waals surface area contributed by atoms with Crippen LogP contribution in [0.4, 0.5) is 0 Å². The molecule has 3 aromatic rings. The molecule has 1 N–H and O–H groups in total. The quantitative estimate of drug-likeness (QED) is 0.518. The summed E-state index contributed by atoms with van der Waals surface area (Å²) in [7, 11) is 1.64. The van der Waals surface area contributed by atoms with Crippen molar-refractivity contribution >= 4 is 17.7 Å². The molecule has 1 atom stereocenters. The van der Waals surface area contributed by atoms with Crippen LogP contribution in [0.15, 0.2) is 77.7 Å². The van der Waals surface area contributed by atoms with E-state index in [1.54, 1.807) is 18.9 Å². The average molecular weight is 392 g/mol. The van der Waals surface area contributed by atoms with Gasteiger partial charge in [-0.15, -0.1) is 11.8 Å². The Hall–Kier alpha value is -2.72. The summed E-state index contributed by atoms with van der Waals surface area (Å²) >= 11 is 1.80. The first kappa shape index (κ1) is 20.0. The van der Waals surface area contributed by atoms with Crippen LogP contribution < -0.4 is 10.1 Å². The molecule has 3 rings (SSSR count). The molecular weight excluding hydrogens is 366 g/mol. The number of benzene rings is 3. The van der Waals surface area contributed by atoms with Gasteiger partial charge in [0.25, 0.3) is 5.91 Å². The minimum absolute atomic E-state index is 0.0685. The van der Waals surface area contributed by atoms with E-state index in [2.05, 4.69) is 36.5 Å². The number of carbonyl (C=O) groups excluding carboxylic acids is 1. The van der Waals surface area contributed by atoms with Gasteiger partial charge in [0.1, 0.15) is 5.75 Å². The molecule has 1 amide bonds. The van der Waals surface area contributed by atoms with Gasteiger partial charge in [-0.3, -0.25) is 4.79 Å². The van der Waals surface area contributed by atoms with E-state index in [9.17, 15) is 4.79 Å². The summed E-state index contributed by atoms with van der Waals surface area (Å²) in [5.74, 6) is 1.62. The van der Waals surface area contributed by atoms with E-state index < -0.39 is 0 Å².